The van der Waals surface area contributed by atoms with Gasteiger partial charge in [0.05, 0.1) is 34.4 Å². The van der Waals surface area contributed by atoms with Crippen LogP contribution in [0.15, 0.2) is 134 Å². The van der Waals surface area contributed by atoms with Crippen LogP contribution in [0.5, 0.6) is 0 Å². The van der Waals surface area contributed by atoms with Crippen LogP contribution < -0.4 is 0 Å². The highest BCUT2D eigenvalue weighted by molar-refractivity contribution is 5.71. The fourth-order valence-corrected chi connectivity index (χ4v) is 9.93. The quantitative estimate of drug-likeness (QED) is 0.0211. The molecule has 9 heteroatoms. The van der Waals surface area contributed by atoms with Gasteiger partial charge < -0.3 is 28.5 Å². The van der Waals surface area contributed by atoms with Crippen molar-refractivity contribution in [2.24, 2.45) is 0 Å². The van der Waals surface area contributed by atoms with E-state index in [1.54, 1.807) is 0 Å². The number of rotatable bonds is 66. The third-order valence-electron chi connectivity index (χ3n) is 15.4. The largest absolute Gasteiger partial charge is 0.477 e. The third-order valence-corrected chi connectivity index (χ3v) is 15.4. The molecule has 9 nitrogen and oxygen atoms in total. The number of likely N-dealkylation sites (N-methyl/N-ethyl adjacent to an activating group) is 1. The van der Waals surface area contributed by atoms with Crippen LogP contribution in [-0.2, 0) is 33.3 Å². The molecule has 0 aliphatic heterocycles. The molecule has 508 valence electrons. The monoisotopic (exact) mass is 1240 g/mol. The minimum atomic E-state index is -1.52. The topological polar surface area (TPSA) is 108 Å². The lowest BCUT2D eigenvalue weighted by molar-refractivity contribution is -0.870. The molecule has 0 aliphatic rings. The van der Waals surface area contributed by atoms with E-state index in [1.165, 1.54) is 148 Å². The Morgan fingerprint density at radius 3 is 0.899 bits per heavy atom. The molecule has 0 aromatic heterocycles. The summed E-state index contributed by atoms with van der Waals surface area (Å²) in [6.07, 6.45) is 97.1. The summed E-state index contributed by atoms with van der Waals surface area (Å²) in [5.74, 6) is -2.01. The number of hydrogen-bond acceptors (Lipinski definition) is 7. The van der Waals surface area contributed by atoms with Crippen molar-refractivity contribution >= 4 is 17.9 Å². The van der Waals surface area contributed by atoms with Gasteiger partial charge in [0.25, 0.3) is 6.29 Å². The fraction of sp³-hybridized carbons (Fsp3) is 0.688. The van der Waals surface area contributed by atoms with Crippen molar-refractivity contribution in [1.82, 2.24) is 0 Å². The molecule has 0 heterocycles. The molecule has 0 aliphatic carbocycles. The van der Waals surface area contributed by atoms with E-state index < -0.39 is 24.3 Å². The van der Waals surface area contributed by atoms with Crippen LogP contribution >= 0.6 is 0 Å². The first-order chi connectivity index (χ1) is 43.6. The molecule has 89 heavy (non-hydrogen) atoms. The van der Waals surface area contributed by atoms with Gasteiger partial charge in [-0.3, -0.25) is 9.59 Å². The Kier molecular flexibility index (Phi) is 65.8. The van der Waals surface area contributed by atoms with Gasteiger partial charge in [0, 0.05) is 12.8 Å². The van der Waals surface area contributed by atoms with Crippen molar-refractivity contribution in [2.45, 2.75) is 309 Å². The molecular formula is C80H136NO8+. The second-order valence-electron chi connectivity index (χ2n) is 25.1. The highest BCUT2D eigenvalue weighted by Gasteiger charge is 2.25. The smallest absolute Gasteiger partial charge is 0.361 e. The molecule has 0 aromatic carbocycles. The molecule has 1 N–H and O–H groups in total. The summed E-state index contributed by atoms with van der Waals surface area (Å²) < 4.78 is 23.0. The third kappa shape index (κ3) is 70.7. The first-order valence-electron chi connectivity index (χ1n) is 36.3. The van der Waals surface area contributed by atoms with E-state index in [0.717, 1.165) is 122 Å². The Balaban J connectivity index is 4.07. The maximum absolute atomic E-state index is 13.0. The average Bonchev–Trinajstić information content (AvgIpc) is 3.64. The van der Waals surface area contributed by atoms with E-state index in [4.69, 9.17) is 18.9 Å². The van der Waals surface area contributed by atoms with Gasteiger partial charge in [0.2, 0.25) is 0 Å². The van der Waals surface area contributed by atoms with E-state index in [9.17, 15) is 19.5 Å². The van der Waals surface area contributed by atoms with Gasteiger partial charge >= 0.3 is 17.9 Å². The summed E-state index contributed by atoms with van der Waals surface area (Å²) in [5, 5.41) is 9.75. The maximum atomic E-state index is 13.0. The predicted molar refractivity (Wildman–Crippen MR) is 382 cm³/mol. The zero-order valence-corrected chi connectivity index (χ0v) is 58.0. The number of nitrogens with zero attached hydrogens (tertiary/aromatic N) is 1. The molecule has 2 unspecified atom stereocenters. The molecule has 0 saturated heterocycles. The van der Waals surface area contributed by atoms with Gasteiger partial charge in [-0.05, 0) is 109 Å². The van der Waals surface area contributed by atoms with Gasteiger partial charge in [-0.15, -0.1) is 0 Å². The highest BCUT2D eigenvalue weighted by atomic mass is 16.7. The van der Waals surface area contributed by atoms with Crippen molar-refractivity contribution in [3.63, 3.8) is 0 Å². The van der Waals surface area contributed by atoms with Gasteiger partial charge in [-0.25, -0.2) is 4.79 Å². The molecule has 0 spiro atoms. The summed E-state index contributed by atoms with van der Waals surface area (Å²) in [6, 6.07) is 0. The van der Waals surface area contributed by atoms with E-state index in [-0.39, 0.29) is 32.2 Å². The Labute approximate surface area is 548 Å². The first kappa shape index (κ1) is 84.4. The minimum Gasteiger partial charge on any atom is -0.477 e. The van der Waals surface area contributed by atoms with Crippen molar-refractivity contribution in [3.8, 4) is 0 Å². The first-order valence-corrected chi connectivity index (χ1v) is 36.3. The summed E-state index contributed by atoms with van der Waals surface area (Å²) in [7, 11) is 5.98. The number of carbonyl (C=O) groups excluding carboxylic acids is 2. The molecule has 0 fully saturated rings. The van der Waals surface area contributed by atoms with Crippen LogP contribution in [0.2, 0.25) is 0 Å². The van der Waals surface area contributed by atoms with E-state index in [1.807, 2.05) is 21.1 Å². The second-order valence-corrected chi connectivity index (χ2v) is 25.1. The molecule has 0 rings (SSSR count). The minimum absolute atomic E-state index is 0.182. The maximum Gasteiger partial charge on any atom is 0.361 e. The Bertz CT molecular complexity index is 1930. The molecule has 0 aromatic rings. The number of aliphatic carboxylic acids is 1. The van der Waals surface area contributed by atoms with Crippen molar-refractivity contribution in [3.05, 3.63) is 134 Å². The predicted octanol–water partition coefficient (Wildman–Crippen LogP) is 22.9. The second kappa shape index (κ2) is 69.3. The normalized spacial score (nSPS) is 13.5. The molecule has 0 bridgehead atoms. The number of hydrogen-bond donors (Lipinski definition) is 1. The number of esters is 2. The van der Waals surface area contributed by atoms with Crippen molar-refractivity contribution in [1.29, 1.82) is 0 Å². The zero-order chi connectivity index (χ0) is 64.7. The Morgan fingerprint density at radius 2 is 0.607 bits per heavy atom. The Morgan fingerprint density at radius 1 is 0.337 bits per heavy atom. The number of allylic oxidation sites excluding steroid dienone is 22. The van der Waals surface area contributed by atoms with Gasteiger partial charge in [0.1, 0.15) is 13.2 Å². The lowest BCUT2D eigenvalue weighted by Gasteiger charge is -2.25. The number of carboxylic acids is 1. The molecule has 0 saturated carbocycles. The molecular weight excluding hydrogens is 1100 g/mol. The van der Waals surface area contributed by atoms with E-state index >= 15 is 0 Å². The highest BCUT2D eigenvalue weighted by Crippen LogP contribution is 2.17. The SMILES string of the molecule is CC/C=C\C/C=C\C/C=C\C/C=C\C/C=C\C/C=C\CCCCCCCCCCCCCCCCCCCCCCC(=O)OC(COC(=O)CCCCCCCCCCC/C=C\C/C=C\C/C=C\C/C=C\C/C=C\CC)COC(OCC[N+](C)(C)C)C(=O)O. The van der Waals surface area contributed by atoms with Crippen LogP contribution in [-0.4, -0.2) is 87.4 Å². The zero-order valence-electron chi connectivity index (χ0n) is 58.0. The van der Waals surface area contributed by atoms with Crippen LogP contribution in [0, 0.1) is 0 Å². The number of quaternary nitrogens is 1. The lowest BCUT2D eigenvalue weighted by Crippen LogP contribution is -2.40. The summed E-state index contributed by atoms with van der Waals surface area (Å²) in [6.45, 7) is 4.66. The van der Waals surface area contributed by atoms with E-state index in [2.05, 4.69) is 148 Å². The van der Waals surface area contributed by atoms with Gasteiger partial charge in [0.15, 0.2) is 6.10 Å². The number of ether oxygens (including phenoxy) is 4. The van der Waals surface area contributed by atoms with Crippen molar-refractivity contribution < 1.29 is 42.9 Å². The van der Waals surface area contributed by atoms with Gasteiger partial charge in [-0.1, -0.05) is 308 Å². The number of unbranched alkanes of at least 4 members (excludes halogenated alkanes) is 29. The average molecular weight is 1240 g/mol. The van der Waals surface area contributed by atoms with Crippen LogP contribution in [0.3, 0.4) is 0 Å². The number of carbonyl (C=O) groups is 3. The van der Waals surface area contributed by atoms with E-state index in [0.29, 0.717) is 17.4 Å². The Hall–Kier alpha value is -4.57. The van der Waals surface area contributed by atoms with Gasteiger partial charge in [-0.2, -0.15) is 0 Å². The molecule has 2 atom stereocenters. The molecule has 0 radical (unpaired) electrons. The lowest BCUT2D eigenvalue weighted by atomic mass is 10.0. The number of carboxylic acid groups (broad SMARTS) is 1. The fourth-order valence-electron chi connectivity index (χ4n) is 9.93. The van der Waals surface area contributed by atoms with Crippen LogP contribution in [0.1, 0.15) is 296 Å². The summed E-state index contributed by atoms with van der Waals surface area (Å²) >= 11 is 0. The summed E-state index contributed by atoms with van der Waals surface area (Å²) in [5.41, 5.74) is 0. The molecule has 0 amide bonds. The standard InChI is InChI=1S/C80H135NO8/c1-6-8-10-12-14-16-18-20-22-24-26-28-30-32-33-34-35-36-37-38-39-40-41-42-43-44-45-47-49-51-53-55-57-59-61-63-65-67-69-71-78(83)89-76(75-88-80(79(84)85)86-73-72-81(3,4)5)74-87-77(82)70-68-66-64-62-60-58-56-54-52-50-48-46-31-29-27-25-23-21-19-17-15-13-11-9-7-2/h8-11,14-17,20-23,26-29,32-33,35-36,46,48,76,80H,6-7,12-13,18-19,24-25,30-31,34,37-45,47,49-75H2,1-5H3/p+1/b10-8-,11-9-,16-14-,17-15-,22-20-,23-21-,28-26-,29-27-,33-32-,36-35-,48-46-. The summed E-state index contributed by atoms with van der Waals surface area (Å²) in [4.78, 5) is 37.7. The van der Waals surface area contributed by atoms with Crippen LogP contribution in [0.25, 0.3) is 0 Å². The van der Waals surface area contributed by atoms with Crippen LogP contribution in [0.4, 0.5) is 0 Å². The van der Waals surface area contributed by atoms with Crippen molar-refractivity contribution in [2.75, 3.05) is 47.5 Å².